The van der Waals surface area contributed by atoms with Gasteiger partial charge in [0, 0.05) is 0 Å². The highest BCUT2D eigenvalue weighted by Crippen LogP contribution is 2.57. The molecule has 8 atom stereocenters. The molecule has 0 aromatic heterocycles. The minimum absolute atomic E-state index is 0.925. The lowest BCUT2D eigenvalue weighted by atomic mass is 9.53. The highest BCUT2D eigenvalue weighted by Gasteiger charge is 2.49. The second kappa shape index (κ2) is 17.3. The molecule has 0 bridgehead atoms. The molecule has 0 heteroatoms. The first-order chi connectivity index (χ1) is 19.6. The normalized spacial score (nSPS) is 31.3. The van der Waals surface area contributed by atoms with Crippen LogP contribution < -0.4 is 0 Å². The first kappa shape index (κ1) is 32.9. The molecule has 4 saturated carbocycles. The molecule has 0 aromatic carbocycles. The fourth-order valence-electron chi connectivity index (χ4n) is 11.6. The Morgan fingerprint density at radius 3 is 1.80 bits per heavy atom. The summed E-state index contributed by atoms with van der Waals surface area (Å²) in [4.78, 5) is 0. The second-order valence-corrected chi connectivity index (χ2v) is 16.2. The molecule has 0 aliphatic heterocycles. The van der Waals surface area contributed by atoms with Crippen molar-refractivity contribution in [2.75, 3.05) is 0 Å². The van der Waals surface area contributed by atoms with Gasteiger partial charge in [-0.25, -0.2) is 0 Å². The number of hydrogen-bond donors (Lipinski definition) is 0. The molecule has 0 aromatic rings. The first-order valence-electron chi connectivity index (χ1n) is 19.6. The Morgan fingerprint density at radius 2 is 1.18 bits per heavy atom. The smallest absolute Gasteiger partial charge is 0.0321 e. The summed E-state index contributed by atoms with van der Waals surface area (Å²) in [6.07, 6.45) is 36.7. The van der Waals surface area contributed by atoms with Crippen LogP contribution in [0.1, 0.15) is 189 Å². The number of hydrogen-bond acceptors (Lipinski definition) is 0. The van der Waals surface area contributed by atoms with Crippen LogP contribution in [0, 0.1) is 65.1 Å². The lowest BCUT2D eigenvalue weighted by Gasteiger charge is -2.52. The summed E-state index contributed by atoms with van der Waals surface area (Å²) >= 11 is 0. The molecular weight excluding hydrogens is 480 g/mol. The van der Waals surface area contributed by atoms with Crippen molar-refractivity contribution >= 4 is 0 Å². The van der Waals surface area contributed by atoms with Crippen LogP contribution in [0.2, 0.25) is 0 Å². The predicted octanol–water partition coefficient (Wildman–Crippen LogP) is 13.3. The molecule has 234 valence electrons. The number of unbranched alkanes of at least 4 members (excludes halogenated alkanes) is 1. The zero-order chi connectivity index (χ0) is 28.3. The van der Waals surface area contributed by atoms with Crippen LogP contribution in [0.15, 0.2) is 0 Å². The lowest BCUT2D eigenvalue weighted by molar-refractivity contribution is -0.0365. The summed E-state index contributed by atoms with van der Waals surface area (Å²) < 4.78 is 0. The van der Waals surface area contributed by atoms with Gasteiger partial charge >= 0.3 is 0 Å². The van der Waals surface area contributed by atoms with Crippen LogP contribution in [0.3, 0.4) is 0 Å². The summed E-state index contributed by atoms with van der Waals surface area (Å²) in [5, 5.41) is 0. The van der Waals surface area contributed by atoms with Crippen LogP contribution in [-0.2, 0) is 0 Å². The van der Waals surface area contributed by atoms with Crippen molar-refractivity contribution in [3.8, 4) is 0 Å². The summed E-state index contributed by atoms with van der Waals surface area (Å²) in [6, 6.07) is 0. The monoisotopic (exact) mass is 555 g/mol. The fourth-order valence-corrected chi connectivity index (χ4v) is 11.6. The quantitative estimate of drug-likeness (QED) is 0.178. The highest BCUT2D eigenvalue weighted by atomic mass is 14.5. The zero-order valence-corrected chi connectivity index (χ0v) is 28.3. The minimum atomic E-state index is 0.925. The van der Waals surface area contributed by atoms with Gasteiger partial charge in [-0.2, -0.15) is 0 Å². The topological polar surface area (TPSA) is 0 Å². The Kier molecular flexibility index (Phi) is 14.3. The van der Waals surface area contributed by atoms with E-state index in [0.717, 1.165) is 65.1 Å². The van der Waals surface area contributed by atoms with Crippen molar-refractivity contribution < 1.29 is 0 Å². The summed E-state index contributed by atoms with van der Waals surface area (Å²) in [5.41, 5.74) is 0. The van der Waals surface area contributed by atoms with Crippen LogP contribution in [0.4, 0.5) is 0 Å². The van der Waals surface area contributed by atoms with Gasteiger partial charge in [-0.3, -0.25) is 0 Å². The maximum absolute atomic E-state index is 2.70. The van der Waals surface area contributed by atoms with E-state index in [-0.39, 0.29) is 0 Å². The third-order valence-electron chi connectivity index (χ3n) is 14.0. The van der Waals surface area contributed by atoms with Gasteiger partial charge in [0.1, 0.15) is 0 Å². The third kappa shape index (κ3) is 8.55. The van der Waals surface area contributed by atoms with Crippen molar-refractivity contribution in [3.05, 3.63) is 0 Å². The van der Waals surface area contributed by atoms with Gasteiger partial charge in [0.2, 0.25) is 0 Å². The van der Waals surface area contributed by atoms with E-state index in [2.05, 4.69) is 34.6 Å². The van der Waals surface area contributed by atoms with Gasteiger partial charge in [-0.05, 0) is 71.5 Å². The Hall–Kier alpha value is 0. The highest BCUT2D eigenvalue weighted by molar-refractivity contribution is 4.98. The number of rotatable bonds is 16. The molecule has 4 fully saturated rings. The van der Waals surface area contributed by atoms with E-state index >= 15 is 0 Å². The molecule has 0 saturated heterocycles. The average Bonchev–Trinajstić information content (AvgIpc) is 3.72. The molecule has 8 unspecified atom stereocenters. The molecular formula is C40H74. The molecule has 0 radical (unpaired) electrons. The maximum Gasteiger partial charge on any atom is -0.0321 e. The average molecular weight is 555 g/mol. The lowest BCUT2D eigenvalue weighted by Crippen LogP contribution is -2.45. The SMILES string of the molecule is CCCCC(CCCC1CCCC(C(C2CCCC2)C(C(C)CC)C2CCCC2)C1C1CCCCC1)C(C)CC. The van der Waals surface area contributed by atoms with E-state index in [1.807, 2.05) is 0 Å². The van der Waals surface area contributed by atoms with E-state index in [1.165, 1.54) is 77.0 Å². The summed E-state index contributed by atoms with van der Waals surface area (Å²) in [6.45, 7) is 12.6. The van der Waals surface area contributed by atoms with Crippen molar-refractivity contribution in [2.45, 2.75) is 189 Å². The second-order valence-electron chi connectivity index (χ2n) is 16.2. The molecule has 4 aliphatic carbocycles. The van der Waals surface area contributed by atoms with Crippen LogP contribution in [0.5, 0.6) is 0 Å². The van der Waals surface area contributed by atoms with Gasteiger partial charge in [0.05, 0.1) is 0 Å². The van der Waals surface area contributed by atoms with Gasteiger partial charge in [0.25, 0.3) is 0 Å². The third-order valence-corrected chi connectivity index (χ3v) is 14.0. The van der Waals surface area contributed by atoms with E-state index in [0.29, 0.717) is 0 Å². The maximum atomic E-state index is 2.70. The standard InChI is InChI=1S/C40H74/c1-6-9-19-32(30(4)7-2)26-17-27-35-28-18-29-37(39(35)34-20-11-10-12-21-34)40(36-24-15-16-25-36)38(31(5)8-3)33-22-13-14-23-33/h30-40H,6-29H2,1-5H3. The molecule has 0 spiro atoms. The Balaban J connectivity index is 1.57. The molecule has 0 nitrogen and oxygen atoms in total. The minimum Gasteiger partial charge on any atom is -0.0654 e. The van der Waals surface area contributed by atoms with Gasteiger partial charge < -0.3 is 0 Å². The predicted molar refractivity (Wildman–Crippen MR) is 178 cm³/mol. The molecule has 40 heavy (non-hydrogen) atoms. The van der Waals surface area contributed by atoms with Gasteiger partial charge in [0.15, 0.2) is 0 Å². The first-order valence-corrected chi connectivity index (χ1v) is 19.6. The van der Waals surface area contributed by atoms with Crippen LogP contribution in [-0.4, -0.2) is 0 Å². The van der Waals surface area contributed by atoms with Crippen molar-refractivity contribution in [1.29, 1.82) is 0 Å². The largest absolute Gasteiger partial charge is 0.0654 e. The van der Waals surface area contributed by atoms with Crippen molar-refractivity contribution in [2.24, 2.45) is 65.1 Å². The molecule has 0 heterocycles. The molecule has 4 rings (SSSR count). The summed E-state index contributed by atoms with van der Waals surface area (Å²) in [5.74, 6) is 11.3. The molecule has 0 amide bonds. The molecule has 4 aliphatic rings. The molecule has 0 N–H and O–H groups in total. The Morgan fingerprint density at radius 1 is 0.575 bits per heavy atom. The van der Waals surface area contributed by atoms with Crippen LogP contribution in [0.25, 0.3) is 0 Å². The van der Waals surface area contributed by atoms with Crippen LogP contribution >= 0.6 is 0 Å². The Bertz CT molecular complexity index is 647. The van der Waals surface area contributed by atoms with Gasteiger partial charge in [-0.15, -0.1) is 0 Å². The van der Waals surface area contributed by atoms with Crippen molar-refractivity contribution in [3.63, 3.8) is 0 Å². The van der Waals surface area contributed by atoms with E-state index in [1.54, 1.807) is 77.0 Å². The Labute approximate surface area is 253 Å². The van der Waals surface area contributed by atoms with E-state index < -0.39 is 0 Å². The summed E-state index contributed by atoms with van der Waals surface area (Å²) in [7, 11) is 0. The van der Waals surface area contributed by atoms with E-state index in [4.69, 9.17) is 0 Å². The van der Waals surface area contributed by atoms with E-state index in [9.17, 15) is 0 Å². The van der Waals surface area contributed by atoms with Crippen molar-refractivity contribution in [1.82, 2.24) is 0 Å². The zero-order valence-electron chi connectivity index (χ0n) is 28.3. The van der Waals surface area contributed by atoms with Gasteiger partial charge in [-0.1, -0.05) is 182 Å². The fraction of sp³-hybridized carbons (Fsp3) is 1.00.